The Labute approximate surface area is 125 Å². The summed E-state index contributed by atoms with van der Waals surface area (Å²) in [6.07, 6.45) is 1.40. The Balaban J connectivity index is 2.50. The fraction of sp³-hybridized carbons (Fsp3) is 0.0833. The van der Waals surface area contributed by atoms with E-state index in [1.165, 1.54) is 36.5 Å². The molecular formula is C12H10ClN3O4S. The average molecular weight is 328 g/mol. The first-order valence-corrected chi connectivity index (χ1v) is 7.56. The maximum Gasteiger partial charge on any atom is 0.290 e. The molecule has 0 aliphatic heterocycles. The van der Waals surface area contributed by atoms with Crippen LogP contribution in [0.5, 0.6) is 0 Å². The van der Waals surface area contributed by atoms with Crippen LogP contribution in [0.25, 0.3) is 0 Å². The van der Waals surface area contributed by atoms with Crippen molar-refractivity contribution in [2.75, 3.05) is 4.72 Å². The van der Waals surface area contributed by atoms with Gasteiger partial charge in [-0.1, -0.05) is 17.7 Å². The van der Waals surface area contributed by atoms with Gasteiger partial charge in [0.25, 0.3) is 15.7 Å². The molecule has 2 aromatic rings. The molecule has 0 bridgehead atoms. The zero-order valence-corrected chi connectivity index (χ0v) is 12.4. The highest BCUT2D eigenvalue weighted by atomic mass is 35.5. The van der Waals surface area contributed by atoms with Crippen molar-refractivity contribution in [3.05, 3.63) is 57.4 Å². The van der Waals surface area contributed by atoms with Crippen molar-refractivity contribution in [1.82, 2.24) is 4.98 Å². The van der Waals surface area contributed by atoms with Crippen molar-refractivity contribution < 1.29 is 13.3 Å². The quantitative estimate of drug-likeness (QED) is 0.528. The molecule has 21 heavy (non-hydrogen) atoms. The molecule has 0 amide bonds. The Bertz CT molecular complexity index is 808. The number of halogens is 1. The lowest BCUT2D eigenvalue weighted by molar-refractivity contribution is -0.387. The van der Waals surface area contributed by atoms with E-state index in [1.807, 2.05) is 0 Å². The van der Waals surface area contributed by atoms with Gasteiger partial charge >= 0.3 is 0 Å². The van der Waals surface area contributed by atoms with Gasteiger partial charge in [-0.2, -0.15) is 0 Å². The predicted molar refractivity (Wildman–Crippen MR) is 77.9 cm³/mol. The number of hydrogen-bond donors (Lipinski definition) is 1. The molecule has 1 aromatic carbocycles. The summed E-state index contributed by atoms with van der Waals surface area (Å²) >= 11 is 5.77. The summed E-state index contributed by atoms with van der Waals surface area (Å²) in [5.74, 6) is 0. The smallest absolute Gasteiger partial charge is 0.276 e. The summed E-state index contributed by atoms with van der Waals surface area (Å²) in [5, 5.41) is 11.0. The molecule has 0 saturated heterocycles. The number of nitrogens with zero attached hydrogens (tertiary/aromatic N) is 2. The van der Waals surface area contributed by atoms with Crippen LogP contribution >= 0.6 is 11.6 Å². The number of nitrogens with one attached hydrogen (secondary N) is 1. The second-order valence-electron chi connectivity index (χ2n) is 4.18. The number of aryl methyl sites for hydroxylation is 1. The first-order valence-electron chi connectivity index (χ1n) is 5.69. The van der Waals surface area contributed by atoms with E-state index in [4.69, 9.17) is 11.6 Å². The third-order valence-corrected chi connectivity index (χ3v) is 4.32. The fourth-order valence-electron chi connectivity index (χ4n) is 1.66. The molecule has 0 saturated carbocycles. The lowest BCUT2D eigenvalue weighted by Gasteiger charge is -2.09. The Morgan fingerprint density at radius 2 is 2.05 bits per heavy atom. The lowest BCUT2D eigenvalue weighted by Crippen LogP contribution is -2.15. The van der Waals surface area contributed by atoms with Crippen LogP contribution in [0.2, 0.25) is 5.15 Å². The summed E-state index contributed by atoms with van der Waals surface area (Å²) in [7, 11) is -4.14. The second-order valence-corrected chi connectivity index (χ2v) is 6.18. The Morgan fingerprint density at radius 1 is 1.33 bits per heavy atom. The number of hydrogen-bond acceptors (Lipinski definition) is 5. The number of sulfonamides is 1. The van der Waals surface area contributed by atoms with Gasteiger partial charge in [-0.15, -0.1) is 0 Å². The summed E-state index contributed by atoms with van der Waals surface area (Å²) in [6, 6.07) is 6.76. The van der Waals surface area contributed by atoms with Crippen molar-refractivity contribution in [3.8, 4) is 0 Å². The van der Waals surface area contributed by atoms with Gasteiger partial charge in [0.2, 0.25) is 0 Å². The first kappa shape index (κ1) is 15.2. The molecular weight excluding hydrogens is 318 g/mol. The highest BCUT2D eigenvalue weighted by Gasteiger charge is 2.26. The topological polar surface area (TPSA) is 102 Å². The first-order chi connectivity index (χ1) is 9.81. The number of rotatable bonds is 4. The van der Waals surface area contributed by atoms with Crippen LogP contribution in [0, 0.1) is 17.0 Å². The molecule has 7 nitrogen and oxygen atoms in total. The molecule has 0 radical (unpaired) electrons. The van der Waals surface area contributed by atoms with Gasteiger partial charge in [-0.25, -0.2) is 13.4 Å². The van der Waals surface area contributed by atoms with Crippen molar-refractivity contribution in [2.24, 2.45) is 0 Å². The van der Waals surface area contributed by atoms with Crippen molar-refractivity contribution in [1.29, 1.82) is 0 Å². The molecule has 9 heteroatoms. The third kappa shape index (κ3) is 3.29. The monoisotopic (exact) mass is 327 g/mol. The molecule has 1 N–H and O–H groups in total. The summed E-state index contributed by atoms with van der Waals surface area (Å²) in [5.41, 5.74) is 0.136. The van der Waals surface area contributed by atoms with Crippen LogP contribution in [-0.4, -0.2) is 18.3 Å². The molecule has 0 atom stereocenters. The molecule has 110 valence electrons. The van der Waals surface area contributed by atoms with E-state index >= 15 is 0 Å². The number of anilines is 1. The molecule has 0 spiro atoms. The third-order valence-electron chi connectivity index (χ3n) is 2.60. The van der Waals surface area contributed by atoms with E-state index in [1.54, 1.807) is 6.92 Å². The normalized spacial score (nSPS) is 11.1. The molecule has 0 fully saturated rings. The van der Waals surface area contributed by atoms with E-state index in [2.05, 4.69) is 9.71 Å². The minimum atomic E-state index is -4.14. The van der Waals surface area contributed by atoms with Crippen molar-refractivity contribution in [2.45, 2.75) is 11.8 Å². The van der Waals surface area contributed by atoms with E-state index in [0.717, 1.165) is 0 Å². The Kier molecular flexibility index (Phi) is 4.10. The molecule has 1 aromatic heterocycles. The van der Waals surface area contributed by atoms with Gasteiger partial charge in [0.15, 0.2) is 10.0 Å². The zero-order valence-electron chi connectivity index (χ0n) is 10.8. The van der Waals surface area contributed by atoms with Gasteiger partial charge in [0, 0.05) is 12.3 Å². The maximum atomic E-state index is 12.3. The van der Waals surface area contributed by atoms with Gasteiger partial charge in [0.05, 0.1) is 10.6 Å². The predicted octanol–water partition coefficient (Wildman–Crippen LogP) is 2.75. The van der Waals surface area contributed by atoms with Crippen LogP contribution in [0.3, 0.4) is 0 Å². The molecule has 0 unspecified atom stereocenters. The number of pyridine rings is 1. The van der Waals surface area contributed by atoms with Crippen LogP contribution in [-0.2, 0) is 10.0 Å². The van der Waals surface area contributed by atoms with Crippen LogP contribution < -0.4 is 4.72 Å². The second kappa shape index (κ2) is 5.66. The molecule has 0 aliphatic carbocycles. The molecule has 0 aliphatic rings. The fourth-order valence-corrected chi connectivity index (χ4v) is 3.10. The zero-order chi connectivity index (χ0) is 15.6. The SMILES string of the molecule is Cc1ccc(S(=O)(=O)Nc2cccnc2Cl)c([N+](=O)[O-])c1. The summed E-state index contributed by atoms with van der Waals surface area (Å²) in [4.78, 5) is 13.6. The lowest BCUT2D eigenvalue weighted by atomic mass is 10.2. The average Bonchev–Trinajstić information content (AvgIpc) is 2.40. The maximum absolute atomic E-state index is 12.3. The largest absolute Gasteiger partial charge is 0.290 e. The summed E-state index contributed by atoms with van der Waals surface area (Å²) in [6.45, 7) is 1.63. The van der Waals surface area contributed by atoms with Crippen LogP contribution in [0.15, 0.2) is 41.4 Å². The summed E-state index contributed by atoms with van der Waals surface area (Å²) < 4.78 is 26.8. The van der Waals surface area contributed by atoms with Crippen LogP contribution in [0.4, 0.5) is 11.4 Å². The number of benzene rings is 1. The Morgan fingerprint density at radius 3 is 2.67 bits per heavy atom. The number of nitro benzene ring substituents is 1. The van der Waals surface area contributed by atoms with E-state index in [0.29, 0.717) is 5.56 Å². The van der Waals surface area contributed by atoms with Gasteiger partial charge in [0.1, 0.15) is 0 Å². The molecule has 2 rings (SSSR count). The Hall–Kier alpha value is -2.19. The van der Waals surface area contributed by atoms with Gasteiger partial charge in [-0.05, 0) is 30.7 Å². The number of aromatic nitrogens is 1. The van der Waals surface area contributed by atoms with E-state index in [-0.39, 0.29) is 10.8 Å². The highest BCUT2D eigenvalue weighted by molar-refractivity contribution is 7.92. The highest BCUT2D eigenvalue weighted by Crippen LogP contribution is 2.28. The van der Waals surface area contributed by atoms with Crippen LogP contribution in [0.1, 0.15) is 5.56 Å². The standard InChI is InChI=1S/C12H10ClN3O4S/c1-8-4-5-11(10(7-8)16(17)18)21(19,20)15-9-3-2-6-14-12(9)13/h2-7,15H,1H3. The van der Waals surface area contributed by atoms with Crippen molar-refractivity contribution in [3.63, 3.8) is 0 Å². The minimum Gasteiger partial charge on any atom is -0.276 e. The minimum absolute atomic E-state index is 0.0455. The van der Waals surface area contributed by atoms with E-state index < -0.39 is 25.5 Å². The number of nitro groups is 1. The van der Waals surface area contributed by atoms with E-state index in [9.17, 15) is 18.5 Å². The molecule has 1 heterocycles. The van der Waals surface area contributed by atoms with Gasteiger partial charge in [-0.3, -0.25) is 14.8 Å². The van der Waals surface area contributed by atoms with Gasteiger partial charge < -0.3 is 0 Å². The van der Waals surface area contributed by atoms with Crippen molar-refractivity contribution >= 4 is 33.0 Å².